The maximum absolute atomic E-state index is 13.8. The third-order valence-corrected chi connectivity index (χ3v) is 4.48. The van der Waals surface area contributed by atoms with Gasteiger partial charge in [-0.05, 0) is 18.9 Å². The number of fused-ring (bicyclic) bond motifs is 1. The summed E-state index contributed by atoms with van der Waals surface area (Å²) in [6.07, 6.45) is 4.31. The number of pyridine rings is 1. The van der Waals surface area contributed by atoms with E-state index in [0.29, 0.717) is 5.69 Å². The van der Waals surface area contributed by atoms with Crippen LogP contribution in [0.1, 0.15) is 52.8 Å². The van der Waals surface area contributed by atoms with Gasteiger partial charge in [0.15, 0.2) is 0 Å². The zero-order chi connectivity index (χ0) is 14.6. The van der Waals surface area contributed by atoms with Gasteiger partial charge in [-0.25, -0.2) is 9.18 Å². The molecule has 1 heterocycles. The number of carboxylic acids is 1. The lowest BCUT2D eigenvalue weighted by atomic mass is 9.91. The average Bonchev–Trinajstić information content (AvgIpc) is 3.21. The van der Waals surface area contributed by atoms with E-state index in [1.54, 1.807) is 11.5 Å². The molecular formula is C14H13ClFNO3. The molecule has 0 amide bonds. The Morgan fingerprint density at radius 2 is 2.15 bits per heavy atom. The molecule has 1 fully saturated rings. The first-order valence-corrected chi connectivity index (χ1v) is 6.89. The van der Waals surface area contributed by atoms with Gasteiger partial charge in [-0.2, -0.15) is 0 Å². The Bertz CT molecular complexity index is 690. The first-order chi connectivity index (χ1) is 9.41. The lowest BCUT2D eigenvalue weighted by Crippen LogP contribution is -2.28. The molecule has 0 spiro atoms. The normalized spacial score (nSPS) is 25.1. The SMILES string of the molecule is CC1C(F)=Cc2c(n(C3CC3)cc(C(=O)O)c2=O)C1Cl. The number of allylic oxidation sites excluding steroid dienone is 1. The number of rotatable bonds is 2. The van der Waals surface area contributed by atoms with Crippen LogP contribution in [0.25, 0.3) is 6.08 Å². The fourth-order valence-corrected chi connectivity index (χ4v) is 2.90. The van der Waals surface area contributed by atoms with E-state index >= 15 is 0 Å². The van der Waals surface area contributed by atoms with Crippen LogP contribution in [0, 0.1) is 5.92 Å². The fraction of sp³-hybridized carbons (Fsp3) is 0.429. The molecule has 0 saturated heterocycles. The topological polar surface area (TPSA) is 59.3 Å². The lowest BCUT2D eigenvalue weighted by Gasteiger charge is -2.27. The van der Waals surface area contributed by atoms with Crippen molar-refractivity contribution in [2.75, 3.05) is 0 Å². The van der Waals surface area contributed by atoms with E-state index in [2.05, 4.69) is 0 Å². The van der Waals surface area contributed by atoms with Crippen LogP contribution in [0.2, 0.25) is 0 Å². The van der Waals surface area contributed by atoms with Gasteiger partial charge in [-0.1, -0.05) is 6.92 Å². The van der Waals surface area contributed by atoms with E-state index in [-0.39, 0.29) is 17.2 Å². The smallest absolute Gasteiger partial charge is 0.341 e. The second-order valence-electron chi connectivity index (χ2n) is 5.33. The molecule has 2 aliphatic carbocycles. The number of aromatic carboxylic acids is 1. The maximum atomic E-state index is 13.8. The van der Waals surface area contributed by atoms with E-state index in [1.165, 1.54) is 6.20 Å². The molecule has 0 aliphatic heterocycles. The lowest BCUT2D eigenvalue weighted by molar-refractivity contribution is 0.0694. The number of hydrogen-bond acceptors (Lipinski definition) is 2. The molecule has 2 unspecified atom stereocenters. The Morgan fingerprint density at radius 1 is 1.50 bits per heavy atom. The van der Waals surface area contributed by atoms with Crippen molar-refractivity contribution in [3.8, 4) is 0 Å². The Hall–Kier alpha value is -1.62. The molecule has 1 aromatic heterocycles. The molecule has 6 heteroatoms. The summed E-state index contributed by atoms with van der Waals surface area (Å²) in [7, 11) is 0. The van der Waals surface area contributed by atoms with Gasteiger partial charge in [0, 0.05) is 29.4 Å². The predicted octanol–water partition coefficient (Wildman–Crippen LogP) is 3.12. The second kappa shape index (κ2) is 4.45. The van der Waals surface area contributed by atoms with Crippen molar-refractivity contribution in [3.05, 3.63) is 39.1 Å². The van der Waals surface area contributed by atoms with Gasteiger partial charge in [0.25, 0.3) is 0 Å². The second-order valence-corrected chi connectivity index (χ2v) is 5.80. The van der Waals surface area contributed by atoms with Gasteiger partial charge in [0.2, 0.25) is 5.43 Å². The van der Waals surface area contributed by atoms with Gasteiger partial charge >= 0.3 is 5.97 Å². The van der Waals surface area contributed by atoms with E-state index in [0.717, 1.165) is 18.9 Å². The van der Waals surface area contributed by atoms with E-state index < -0.39 is 28.5 Å². The van der Waals surface area contributed by atoms with Crippen LogP contribution >= 0.6 is 11.6 Å². The standard InChI is InChI=1S/C14H13ClFNO3/c1-6-10(16)4-8-12(11(6)15)17(7-2-3-7)5-9(13(8)18)14(19)20/h4-7,11H,2-3H2,1H3,(H,19,20). The van der Waals surface area contributed by atoms with Crippen LogP contribution in [-0.2, 0) is 0 Å². The van der Waals surface area contributed by atoms with Crippen LogP contribution in [0.4, 0.5) is 4.39 Å². The van der Waals surface area contributed by atoms with Crippen LogP contribution < -0.4 is 5.43 Å². The number of carboxylic acid groups (broad SMARTS) is 1. The number of aromatic nitrogens is 1. The number of halogens is 2. The highest BCUT2D eigenvalue weighted by molar-refractivity contribution is 6.21. The number of nitrogens with zero attached hydrogens (tertiary/aromatic N) is 1. The molecule has 2 atom stereocenters. The van der Waals surface area contributed by atoms with Gasteiger partial charge in [-0.3, -0.25) is 4.79 Å². The summed E-state index contributed by atoms with van der Waals surface area (Å²) in [4.78, 5) is 23.4. The van der Waals surface area contributed by atoms with E-state index in [9.17, 15) is 14.0 Å². The molecule has 4 nitrogen and oxygen atoms in total. The van der Waals surface area contributed by atoms with Crippen molar-refractivity contribution in [1.82, 2.24) is 4.57 Å². The van der Waals surface area contributed by atoms with Crippen molar-refractivity contribution >= 4 is 23.6 Å². The Kier molecular flexibility index (Phi) is 2.97. The zero-order valence-corrected chi connectivity index (χ0v) is 11.5. The van der Waals surface area contributed by atoms with Crippen LogP contribution in [0.5, 0.6) is 0 Å². The highest BCUT2D eigenvalue weighted by Gasteiger charge is 2.36. The Morgan fingerprint density at radius 3 is 2.70 bits per heavy atom. The van der Waals surface area contributed by atoms with Crippen molar-refractivity contribution in [2.45, 2.75) is 31.2 Å². The van der Waals surface area contributed by atoms with Gasteiger partial charge in [0.1, 0.15) is 11.4 Å². The van der Waals surface area contributed by atoms with Gasteiger partial charge in [-0.15, -0.1) is 11.6 Å². The Labute approximate surface area is 119 Å². The molecule has 0 aromatic carbocycles. The zero-order valence-electron chi connectivity index (χ0n) is 10.8. The summed E-state index contributed by atoms with van der Waals surface area (Å²) < 4.78 is 15.6. The monoisotopic (exact) mass is 297 g/mol. The number of carbonyl (C=O) groups is 1. The van der Waals surface area contributed by atoms with Gasteiger partial charge in [0.05, 0.1) is 5.38 Å². The molecule has 3 rings (SSSR count). The summed E-state index contributed by atoms with van der Waals surface area (Å²) in [5.74, 6) is -2.31. The van der Waals surface area contributed by atoms with Crippen LogP contribution in [0.3, 0.4) is 0 Å². The molecule has 1 N–H and O–H groups in total. The molecular weight excluding hydrogens is 285 g/mol. The minimum absolute atomic E-state index is 0.0763. The summed E-state index contributed by atoms with van der Waals surface area (Å²) in [5, 5.41) is 8.46. The molecule has 0 radical (unpaired) electrons. The van der Waals surface area contributed by atoms with Gasteiger partial charge < -0.3 is 9.67 Å². The highest BCUT2D eigenvalue weighted by Crippen LogP contribution is 2.45. The van der Waals surface area contributed by atoms with Crippen LogP contribution in [0.15, 0.2) is 16.8 Å². The van der Waals surface area contributed by atoms with Crippen molar-refractivity contribution in [1.29, 1.82) is 0 Å². The predicted molar refractivity (Wildman–Crippen MR) is 72.8 cm³/mol. The summed E-state index contributed by atoms with van der Waals surface area (Å²) in [5.41, 5.74) is -0.388. The minimum Gasteiger partial charge on any atom is -0.477 e. The number of hydrogen-bond donors (Lipinski definition) is 1. The summed E-state index contributed by atoms with van der Waals surface area (Å²) in [6, 6.07) is 0.158. The van der Waals surface area contributed by atoms with Crippen molar-refractivity contribution in [3.63, 3.8) is 0 Å². The molecule has 0 bridgehead atoms. The molecule has 1 saturated carbocycles. The molecule has 2 aliphatic rings. The molecule has 1 aromatic rings. The third-order valence-electron chi connectivity index (χ3n) is 3.90. The molecule has 20 heavy (non-hydrogen) atoms. The maximum Gasteiger partial charge on any atom is 0.341 e. The first-order valence-electron chi connectivity index (χ1n) is 6.45. The summed E-state index contributed by atoms with van der Waals surface area (Å²) >= 11 is 6.29. The average molecular weight is 298 g/mol. The van der Waals surface area contributed by atoms with Crippen LogP contribution in [-0.4, -0.2) is 15.6 Å². The minimum atomic E-state index is -1.30. The Balaban J connectivity index is 2.34. The van der Waals surface area contributed by atoms with E-state index in [4.69, 9.17) is 16.7 Å². The third kappa shape index (κ3) is 1.88. The van der Waals surface area contributed by atoms with Crippen molar-refractivity contribution in [2.24, 2.45) is 5.92 Å². The molecule has 106 valence electrons. The van der Waals surface area contributed by atoms with E-state index in [1.807, 2.05) is 0 Å². The fourth-order valence-electron chi connectivity index (χ4n) is 2.55. The highest BCUT2D eigenvalue weighted by atomic mass is 35.5. The quantitative estimate of drug-likeness (QED) is 0.853. The number of alkyl halides is 1. The largest absolute Gasteiger partial charge is 0.477 e. The summed E-state index contributed by atoms with van der Waals surface area (Å²) in [6.45, 7) is 1.65. The van der Waals surface area contributed by atoms with Crippen molar-refractivity contribution < 1.29 is 14.3 Å². The first kappa shape index (κ1) is 13.4.